The largest absolute Gasteiger partial charge is 0.415 e. The summed E-state index contributed by atoms with van der Waals surface area (Å²) in [7, 11) is 0. The lowest BCUT2D eigenvalue weighted by atomic mass is 10.2. The molecular weight excluding hydrogens is 330 g/mol. The summed E-state index contributed by atoms with van der Waals surface area (Å²) < 4.78 is 5.36. The van der Waals surface area contributed by atoms with Gasteiger partial charge in [-0.05, 0) is 24.3 Å². The quantitative estimate of drug-likeness (QED) is 0.898. The summed E-state index contributed by atoms with van der Waals surface area (Å²) in [6, 6.07) is 18.5. The molecule has 0 atom stereocenters. The monoisotopic (exact) mass is 353 g/mol. The Labute approximate surface area is 153 Å². The molecule has 0 saturated carbocycles. The lowest BCUT2D eigenvalue weighted by Gasteiger charge is -2.33. The standard InChI is InChI=1S/C20H23N3O3/c24-19(21-17-7-3-1-4-8-17)11-12-22-13-15-23(16-14-22)20(25)26-18-9-5-2-6-10-18/h1-10H,11-16H2,(H,21,24). The van der Waals surface area contributed by atoms with E-state index in [1.165, 1.54) is 0 Å². The molecule has 0 aromatic heterocycles. The molecule has 0 radical (unpaired) electrons. The normalized spacial score (nSPS) is 14.7. The predicted octanol–water partition coefficient (Wildman–Crippen LogP) is 2.83. The number of hydrogen-bond donors (Lipinski definition) is 1. The molecular formula is C20H23N3O3. The Morgan fingerprint density at radius 2 is 1.50 bits per heavy atom. The molecule has 1 N–H and O–H groups in total. The van der Waals surface area contributed by atoms with Crippen LogP contribution in [0, 0.1) is 0 Å². The van der Waals surface area contributed by atoms with Crippen molar-refractivity contribution in [2.45, 2.75) is 6.42 Å². The minimum atomic E-state index is -0.322. The fraction of sp³-hybridized carbons (Fsp3) is 0.300. The van der Waals surface area contributed by atoms with Gasteiger partial charge in [0.15, 0.2) is 0 Å². The molecule has 0 spiro atoms. The smallest absolute Gasteiger partial charge is 0.410 e. The highest BCUT2D eigenvalue weighted by Gasteiger charge is 2.22. The first-order valence-corrected chi connectivity index (χ1v) is 8.80. The maximum absolute atomic E-state index is 12.2. The van der Waals surface area contributed by atoms with E-state index in [0.717, 1.165) is 18.8 Å². The first kappa shape index (κ1) is 17.9. The SMILES string of the molecule is O=C(CCN1CCN(C(=O)Oc2ccccc2)CC1)Nc1ccccc1. The number of hydrogen-bond acceptors (Lipinski definition) is 4. The lowest BCUT2D eigenvalue weighted by molar-refractivity contribution is -0.116. The molecule has 0 bridgehead atoms. The van der Waals surface area contributed by atoms with Gasteiger partial charge in [0.2, 0.25) is 5.91 Å². The number of nitrogens with zero attached hydrogens (tertiary/aromatic N) is 2. The molecule has 0 aliphatic carbocycles. The third-order valence-corrected chi connectivity index (χ3v) is 4.29. The van der Waals surface area contributed by atoms with Crippen molar-refractivity contribution in [2.24, 2.45) is 0 Å². The fourth-order valence-electron chi connectivity index (χ4n) is 2.81. The molecule has 2 amide bonds. The van der Waals surface area contributed by atoms with Gasteiger partial charge in [-0.1, -0.05) is 36.4 Å². The zero-order valence-corrected chi connectivity index (χ0v) is 14.6. The van der Waals surface area contributed by atoms with E-state index in [9.17, 15) is 9.59 Å². The van der Waals surface area contributed by atoms with Crippen molar-refractivity contribution in [1.29, 1.82) is 0 Å². The Balaban J connectivity index is 1.37. The van der Waals surface area contributed by atoms with Crippen LogP contribution in [-0.4, -0.2) is 54.5 Å². The number of ether oxygens (including phenoxy) is 1. The van der Waals surface area contributed by atoms with Crippen molar-refractivity contribution in [3.63, 3.8) is 0 Å². The molecule has 6 nitrogen and oxygen atoms in total. The minimum Gasteiger partial charge on any atom is -0.410 e. The average Bonchev–Trinajstić information content (AvgIpc) is 2.68. The predicted molar refractivity (Wildman–Crippen MR) is 100 cm³/mol. The first-order valence-electron chi connectivity index (χ1n) is 8.80. The molecule has 1 heterocycles. The van der Waals surface area contributed by atoms with Crippen molar-refractivity contribution in [2.75, 3.05) is 38.0 Å². The van der Waals surface area contributed by atoms with E-state index >= 15 is 0 Å². The number of nitrogens with one attached hydrogen (secondary N) is 1. The summed E-state index contributed by atoms with van der Waals surface area (Å²) in [4.78, 5) is 28.1. The van der Waals surface area contributed by atoms with Gasteiger partial charge in [-0.15, -0.1) is 0 Å². The van der Waals surface area contributed by atoms with Crippen LogP contribution in [0.4, 0.5) is 10.5 Å². The molecule has 1 aliphatic heterocycles. The second kappa shape index (κ2) is 9.01. The Kier molecular flexibility index (Phi) is 6.22. The topological polar surface area (TPSA) is 61.9 Å². The Hall–Kier alpha value is -2.86. The first-order chi connectivity index (χ1) is 12.7. The van der Waals surface area contributed by atoms with Crippen LogP contribution in [0.2, 0.25) is 0 Å². The molecule has 1 fully saturated rings. The molecule has 26 heavy (non-hydrogen) atoms. The van der Waals surface area contributed by atoms with Gasteiger partial charge in [0, 0.05) is 44.8 Å². The number of carbonyl (C=O) groups is 2. The van der Waals surface area contributed by atoms with Crippen LogP contribution in [0.3, 0.4) is 0 Å². The van der Waals surface area contributed by atoms with E-state index in [0.29, 0.717) is 31.8 Å². The maximum Gasteiger partial charge on any atom is 0.415 e. The van der Waals surface area contributed by atoms with Gasteiger partial charge < -0.3 is 15.0 Å². The van der Waals surface area contributed by atoms with Gasteiger partial charge >= 0.3 is 6.09 Å². The highest BCUT2D eigenvalue weighted by atomic mass is 16.6. The summed E-state index contributed by atoms with van der Waals surface area (Å²) in [6.45, 7) is 3.36. The summed E-state index contributed by atoms with van der Waals surface area (Å²) >= 11 is 0. The second-order valence-electron chi connectivity index (χ2n) is 6.17. The lowest BCUT2D eigenvalue weighted by Crippen LogP contribution is -2.50. The highest BCUT2D eigenvalue weighted by Crippen LogP contribution is 2.12. The molecule has 6 heteroatoms. The van der Waals surface area contributed by atoms with E-state index in [4.69, 9.17) is 4.74 Å². The third-order valence-electron chi connectivity index (χ3n) is 4.29. The third kappa shape index (κ3) is 5.32. The van der Waals surface area contributed by atoms with Crippen molar-refractivity contribution in [3.05, 3.63) is 60.7 Å². The van der Waals surface area contributed by atoms with E-state index < -0.39 is 0 Å². The van der Waals surface area contributed by atoms with Crippen LogP contribution in [0.15, 0.2) is 60.7 Å². The number of carbonyl (C=O) groups excluding carboxylic acids is 2. The molecule has 2 aromatic carbocycles. The molecule has 3 rings (SSSR count). The molecule has 2 aromatic rings. The number of para-hydroxylation sites is 2. The Bertz CT molecular complexity index is 714. The van der Waals surface area contributed by atoms with Gasteiger partial charge in [0.1, 0.15) is 5.75 Å². The van der Waals surface area contributed by atoms with Gasteiger partial charge in [-0.25, -0.2) is 4.79 Å². The van der Waals surface area contributed by atoms with Crippen LogP contribution in [0.25, 0.3) is 0 Å². The molecule has 0 unspecified atom stereocenters. The number of amides is 2. The number of rotatable bonds is 5. The minimum absolute atomic E-state index is 0.00196. The van der Waals surface area contributed by atoms with E-state index in [2.05, 4.69) is 10.2 Å². The van der Waals surface area contributed by atoms with Gasteiger partial charge in [0.25, 0.3) is 0 Å². The van der Waals surface area contributed by atoms with Crippen LogP contribution in [0.5, 0.6) is 5.75 Å². The highest BCUT2D eigenvalue weighted by molar-refractivity contribution is 5.90. The maximum atomic E-state index is 12.2. The van der Waals surface area contributed by atoms with Gasteiger partial charge in [-0.2, -0.15) is 0 Å². The summed E-state index contributed by atoms with van der Waals surface area (Å²) in [6.07, 6.45) is 0.112. The number of anilines is 1. The summed E-state index contributed by atoms with van der Waals surface area (Å²) in [5.74, 6) is 0.555. The summed E-state index contributed by atoms with van der Waals surface area (Å²) in [5.41, 5.74) is 0.811. The molecule has 1 saturated heterocycles. The van der Waals surface area contributed by atoms with Crippen molar-refractivity contribution in [1.82, 2.24) is 9.80 Å². The zero-order valence-electron chi connectivity index (χ0n) is 14.6. The van der Waals surface area contributed by atoms with Crippen molar-refractivity contribution in [3.8, 4) is 5.75 Å². The van der Waals surface area contributed by atoms with E-state index in [1.54, 1.807) is 17.0 Å². The van der Waals surface area contributed by atoms with Gasteiger partial charge in [-0.3, -0.25) is 9.69 Å². The van der Waals surface area contributed by atoms with Crippen LogP contribution >= 0.6 is 0 Å². The van der Waals surface area contributed by atoms with Gasteiger partial charge in [0.05, 0.1) is 0 Å². The molecule has 136 valence electrons. The zero-order chi connectivity index (χ0) is 18.2. The van der Waals surface area contributed by atoms with E-state index in [-0.39, 0.29) is 12.0 Å². The Morgan fingerprint density at radius 3 is 2.15 bits per heavy atom. The van der Waals surface area contributed by atoms with Crippen molar-refractivity contribution >= 4 is 17.7 Å². The summed E-state index contributed by atoms with van der Waals surface area (Å²) in [5, 5.41) is 2.89. The van der Waals surface area contributed by atoms with Crippen LogP contribution in [0.1, 0.15) is 6.42 Å². The van der Waals surface area contributed by atoms with E-state index in [1.807, 2.05) is 48.5 Å². The van der Waals surface area contributed by atoms with Crippen LogP contribution in [-0.2, 0) is 4.79 Å². The molecule has 1 aliphatic rings. The van der Waals surface area contributed by atoms with Crippen molar-refractivity contribution < 1.29 is 14.3 Å². The number of piperazine rings is 1. The number of benzene rings is 2. The second-order valence-corrected chi connectivity index (χ2v) is 6.17. The Morgan fingerprint density at radius 1 is 0.885 bits per heavy atom. The fourth-order valence-corrected chi connectivity index (χ4v) is 2.81. The van der Waals surface area contributed by atoms with Crippen LogP contribution < -0.4 is 10.1 Å². The average molecular weight is 353 g/mol.